The maximum absolute atomic E-state index is 13.9. The van der Waals surface area contributed by atoms with Gasteiger partial charge in [0.25, 0.3) is 0 Å². The van der Waals surface area contributed by atoms with Crippen molar-refractivity contribution in [3.8, 4) is 39.7 Å². The number of nitrogens with zero attached hydrogens (tertiary/aromatic N) is 6. The first kappa shape index (κ1) is 18.2. The van der Waals surface area contributed by atoms with Gasteiger partial charge in [-0.15, -0.1) is 0 Å². The number of aryl methyl sites for hydroxylation is 1. The van der Waals surface area contributed by atoms with Crippen LogP contribution in [-0.2, 0) is 7.05 Å². The number of rotatable bonds is 3. The quantitative estimate of drug-likeness (QED) is 0.396. The van der Waals surface area contributed by atoms with Gasteiger partial charge < -0.3 is 10.1 Å². The molecule has 1 aromatic carbocycles. The number of imidazole rings is 1. The van der Waals surface area contributed by atoms with Gasteiger partial charge in [0.15, 0.2) is 11.5 Å². The topological polar surface area (TPSA) is 121 Å². The Hall–Kier alpha value is -4.60. The highest BCUT2D eigenvalue weighted by atomic mass is 19.1. The minimum atomic E-state index is -0.553. The smallest absolute Gasteiger partial charge is 0.181 e. The first-order chi connectivity index (χ1) is 15.5. The molecule has 0 aliphatic carbocycles. The molecule has 6 rings (SSSR count). The van der Waals surface area contributed by atoms with Crippen LogP contribution in [0.2, 0.25) is 0 Å². The van der Waals surface area contributed by atoms with Gasteiger partial charge in [0.1, 0.15) is 22.8 Å². The minimum Gasteiger partial charge on any atom is -0.508 e. The molecule has 32 heavy (non-hydrogen) atoms. The van der Waals surface area contributed by atoms with Crippen LogP contribution in [0.4, 0.5) is 4.39 Å². The predicted octanol–water partition coefficient (Wildman–Crippen LogP) is 3.81. The highest BCUT2D eigenvalue weighted by molar-refractivity contribution is 5.96. The third-order valence-electron chi connectivity index (χ3n) is 5.24. The molecular formula is C22H15FN8O. The van der Waals surface area contributed by atoms with E-state index in [1.165, 1.54) is 12.1 Å². The van der Waals surface area contributed by atoms with Gasteiger partial charge in [-0.3, -0.25) is 14.8 Å². The van der Waals surface area contributed by atoms with Gasteiger partial charge in [0, 0.05) is 48.4 Å². The molecule has 156 valence electrons. The van der Waals surface area contributed by atoms with E-state index in [4.69, 9.17) is 4.98 Å². The number of hydrogen-bond donors (Lipinski definition) is 3. The second-order valence-electron chi connectivity index (χ2n) is 7.44. The summed E-state index contributed by atoms with van der Waals surface area (Å²) in [5, 5.41) is 22.1. The Morgan fingerprint density at radius 2 is 1.94 bits per heavy atom. The van der Waals surface area contributed by atoms with Crippen LogP contribution in [0.25, 0.3) is 56.0 Å². The van der Waals surface area contributed by atoms with Crippen LogP contribution in [0.3, 0.4) is 0 Å². The molecule has 0 bridgehead atoms. The van der Waals surface area contributed by atoms with E-state index < -0.39 is 5.82 Å². The van der Waals surface area contributed by atoms with Crippen molar-refractivity contribution in [2.75, 3.05) is 0 Å². The summed E-state index contributed by atoms with van der Waals surface area (Å²) < 4.78 is 15.6. The number of hydrogen-bond acceptors (Lipinski definition) is 6. The molecule has 10 heteroatoms. The number of benzene rings is 1. The lowest BCUT2D eigenvalue weighted by Crippen LogP contribution is -1.87. The van der Waals surface area contributed by atoms with Gasteiger partial charge in [-0.2, -0.15) is 10.2 Å². The number of aromatic amines is 2. The van der Waals surface area contributed by atoms with Gasteiger partial charge in [-0.05, 0) is 24.3 Å². The summed E-state index contributed by atoms with van der Waals surface area (Å²) in [4.78, 5) is 16.8. The standard InChI is InChI=1S/C22H15FN8O/c1-31-10-13(9-26-31)12-6-16-19(29-30-21(16)25-8-12)22-27-17-2-3-24-18(20(17)28-22)11-4-14(23)7-15(32)5-11/h2-10,32H,1H3,(H,27,28)(H,25,29,30). The van der Waals surface area contributed by atoms with Crippen molar-refractivity contribution in [1.29, 1.82) is 0 Å². The molecule has 5 heterocycles. The Balaban J connectivity index is 1.51. The second-order valence-corrected chi connectivity index (χ2v) is 7.44. The molecule has 0 fully saturated rings. The molecule has 0 unspecified atom stereocenters. The molecule has 0 amide bonds. The van der Waals surface area contributed by atoms with Crippen molar-refractivity contribution < 1.29 is 9.50 Å². The zero-order chi connectivity index (χ0) is 21.8. The fourth-order valence-corrected chi connectivity index (χ4v) is 3.78. The highest BCUT2D eigenvalue weighted by Crippen LogP contribution is 2.32. The average molecular weight is 426 g/mol. The fraction of sp³-hybridized carbons (Fsp3) is 0.0455. The summed E-state index contributed by atoms with van der Waals surface area (Å²) in [6, 6.07) is 7.57. The van der Waals surface area contributed by atoms with E-state index in [0.717, 1.165) is 22.6 Å². The summed E-state index contributed by atoms with van der Waals surface area (Å²) in [7, 11) is 1.86. The Morgan fingerprint density at radius 1 is 1.03 bits per heavy atom. The molecule has 0 spiro atoms. The van der Waals surface area contributed by atoms with Crippen LogP contribution in [-0.4, -0.2) is 45.0 Å². The maximum Gasteiger partial charge on any atom is 0.181 e. The number of aromatic hydroxyl groups is 1. The van der Waals surface area contributed by atoms with E-state index in [1.807, 2.05) is 19.3 Å². The van der Waals surface area contributed by atoms with Crippen molar-refractivity contribution in [2.24, 2.45) is 7.05 Å². The maximum atomic E-state index is 13.9. The molecule has 0 radical (unpaired) electrons. The molecule has 0 saturated heterocycles. The van der Waals surface area contributed by atoms with Crippen molar-refractivity contribution in [1.82, 2.24) is 39.9 Å². The third-order valence-corrected chi connectivity index (χ3v) is 5.24. The number of phenolic OH excluding ortho intramolecular Hbond substituents is 1. The largest absolute Gasteiger partial charge is 0.508 e. The number of pyridine rings is 2. The summed E-state index contributed by atoms with van der Waals surface area (Å²) in [6.07, 6.45) is 7.04. The molecule has 9 nitrogen and oxygen atoms in total. The minimum absolute atomic E-state index is 0.178. The number of nitrogens with one attached hydrogen (secondary N) is 2. The summed E-state index contributed by atoms with van der Waals surface area (Å²) in [5.41, 5.74) is 5.22. The van der Waals surface area contributed by atoms with Crippen molar-refractivity contribution in [3.05, 3.63) is 60.9 Å². The molecule has 3 N–H and O–H groups in total. The number of fused-ring (bicyclic) bond motifs is 2. The third kappa shape index (κ3) is 2.88. The SMILES string of the molecule is Cn1cc(-c2cnc3n[nH]c(-c4nc5c(-c6cc(O)cc(F)c6)nccc5[nH]4)c3c2)cn1. The Morgan fingerprint density at radius 3 is 2.75 bits per heavy atom. The lowest BCUT2D eigenvalue weighted by molar-refractivity contribution is 0.469. The number of halogens is 1. The average Bonchev–Trinajstić information content (AvgIpc) is 3.49. The van der Waals surface area contributed by atoms with Gasteiger partial charge in [-0.25, -0.2) is 14.4 Å². The summed E-state index contributed by atoms with van der Waals surface area (Å²) in [6.45, 7) is 0. The molecule has 0 saturated carbocycles. The Labute approximate surface area is 179 Å². The zero-order valence-electron chi connectivity index (χ0n) is 16.7. The van der Waals surface area contributed by atoms with Crippen LogP contribution in [0.5, 0.6) is 5.75 Å². The van der Waals surface area contributed by atoms with Gasteiger partial charge in [-0.1, -0.05) is 0 Å². The van der Waals surface area contributed by atoms with E-state index in [9.17, 15) is 9.50 Å². The highest BCUT2D eigenvalue weighted by Gasteiger charge is 2.17. The van der Waals surface area contributed by atoms with E-state index in [1.54, 1.807) is 29.3 Å². The predicted molar refractivity (Wildman–Crippen MR) is 116 cm³/mol. The van der Waals surface area contributed by atoms with Crippen LogP contribution < -0.4 is 0 Å². The Kier molecular flexibility index (Phi) is 3.81. The van der Waals surface area contributed by atoms with Crippen LogP contribution in [0, 0.1) is 5.82 Å². The first-order valence-corrected chi connectivity index (χ1v) is 9.73. The van der Waals surface area contributed by atoms with Gasteiger partial charge in [0.2, 0.25) is 0 Å². The fourth-order valence-electron chi connectivity index (χ4n) is 3.78. The van der Waals surface area contributed by atoms with E-state index in [-0.39, 0.29) is 5.75 Å². The second kappa shape index (κ2) is 6.71. The van der Waals surface area contributed by atoms with Crippen LogP contribution in [0.15, 0.2) is 55.1 Å². The van der Waals surface area contributed by atoms with Crippen molar-refractivity contribution in [3.63, 3.8) is 0 Å². The van der Waals surface area contributed by atoms with Gasteiger partial charge in [0.05, 0.1) is 22.8 Å². The number of H-pyrrole nitrogens is 2. The molecule has 0 aliphatic heterocycles. The van der Waals surface area contributed by atoms with Gasteiger partial charge >= 0.3 is 0 Å². The lowest BCUT2D eigenvalue weighted by Gasteiger charge is -2.03. The van der Waals surface area contributed by atoms with E-state index in [0.29, 0.717) is 39.5 Å². The first-order valence-electron chi connectivity index (χ1n) is 9.73. The van der Waals surface area contributed by atoms with E-state index in [2.05, 4.69) is 30.2 Å². The van der Waals surface area contributed by atoms with Crippen molar-refractivity contribution in [2.45, 2.75) is 0 Å². The molecule has 0 atom stereocenters. The summed E-state index contributed by atoms with van der Waals surface area (Å²) >= 11 is 0. The normalized spacial score (nSPS) is 11.6. The molecule has 5 aromatic heterocycles. The van der Waals surface area contributed by atoms with E-state index >= 15 is 0 Å². The molecule has 6 aromatic rings. The number of aromatic nitrogens is 8. The lowest BCUT2D eigenvalue weighted by atomic mass is 10.1. The molecular weight excluding hydrogens is 411 g/mol. The number of phenols is 1. The zero-order valence-corrected chi connectivity index (χ0v) is 16.7. The molecule has 0 aliphatic rings. The van der Waals surface area contributed by atoms with Crippen LogP contribution in [0.1, 0.15) is 0 Å². The monoisotopic (exact) mass is 426 g/mol. The Bertz CT molecular complexity index is 1610. The summed E-state index contributed by atoms with van der Waals surface area (Å²) in [5.74, 6) is -0.186. The van der Waals surface area contributed by atoms with Crippen molar-refractivity contribution >= 4 is 22.1 Å². The van der Waals surface area contributed by atoms with Crippen LogP contribution >= 0.6 is 0 Å².